The molecule has 0 saturated carbocycles. The Bertz CT molecular complexity index is 505. The minimum absolute atomic E-state index is 0.283. The number of ether oxygens (including phenoxy) is 2. The molecule has 2 amide bonds. The third-order valence-corrected chi connectivity index (χ3v) is 5.18. The van der Waals surface area contributed by atoms with E-state index in [1.54, 1.807) is 0 Å². The van der Waals surface area contributed by atoms with E-state index in [1.165, 1.54) is 26.3 Å². The lowest BCUT2D eigenvalue weighted by Gasteiger charge is -2.39. The molecule has 6 atom stereocenters. The Morgan fingerprint density at radius 1 is 1.00 bits per heavy atom. The molecule has 6 unspecified atom stereocenters. The molecule has 30 heavy (non-hydrogen) atoms. The molecule has 1 aliphatic rings. The van der Waals surface area contributed by atoms with E-state index in [9.17, 15) is 30.0 Å². The number of carbonyl (C=O) groups is 2. The minimum Gasteiger partial charge on any atom is -0.394 e. The summed E-state index contributed by atoms with van der Waals surface area (Å²) < 4.78 is 10.6. The van der Waals surface area contributed by atoms with Gasteiger partial charge in [-0.3, -0.25) is 9.59 Å². The average Bonchev–Trinajstić information content (AvgIpc) is 2.74. The number of amides is 2. The number of aliphatic hydroxyl groups is 4. The van der Waals surface area contributed by atoms with Gasteiger partial charge in [-0.2, -0.15) is 0 Å². The van der Waals surface area contributed by atoms with E-state index in [4.69, 9.17) is 9.47 Å². The third-order valence-electron chi connectivity index (χ3n) is 5.18. The van der Waals surface area contributed by atoms with Crippen molar-refractivity contribution in [3.63, 3.8) is 0 Å². The number of unbranched alkanes of at least 4 members (excludes halogenated alkanes) is 6. The van der Waals surface area contributed by atoms with Gasteiger partial charge in [0.25, 0.3) is 0 Å². The number of aliphatic hydroxyl groups excluding tert-OH is 4. The molecule has 10 nitrogen and oxygen atoms in total. The second kappa shape index (κ2) is 14.7. The lowest BCUT2D eigenvalue weighted by atomic mass is 9.99. The highest BCUT2D eigenvalue weighted by molar-refractivity contribution is 5.87. The minimum atomic E-state index is -1.58. The van der Waals surface area contributed by atoms with E-state index in [0.29, 0.717) is 6.42 Å². The Morgan fingerprint density at radius 2 is 1.63 bits per heavy atom. The molecule has 1 heterocycles. The smallest absolute Gasteiger partial charge is 0.244 e. The molecule has 0 aliphatic carbocycles. The standard InChI is InChI=1S/C20H38N2O8/c1-3-4-5-6-7-8-9-10-15(24)22-13(19(28)21-2)12-29-20-18(27)17(26)16(25)14(11-23)30-20/h13-14,16-18,20,23,25-27H,3-12H2,1-2H3,(H,21,28)(H,22,24). The monoisotopic (exact) mass is 434 g/mol. The van der Waals surface area contributed by atoms with Gasteiger partial charge in [0.2, 0.25) is 11.8 Å². The predicted octanol–water partition coefficient (Wildman–Crippen LogP) is -0.826. The van der Waals surface area contributed by atoms with E-state index in [1.807, 2.05) is 0 Å². The SMILES string of the molecule is CCCCCCCCCC(=O)NC(COC1OC(CO)C(O)C(O)C1O)C(=O)NC. The van der Waals surface area contributed by atoms with Crippen molar-refractivity contribution in [3.05, 3.63) is 0 Å². The van der Waals surface area contributed by atoms with Crippen LogP contribution in [0.5, 0.6) is 0 Å². The summed E-state index contributed by atoms with van der Waals surface area (Å²) in [6.07, 6.45) is 0.690. The molecular formula is C20H38N2O8. The highest BCUT2D eigenvalue weighted by Crippen LogP contribution is 2.22. The zero-order chi connectivity index (χ0) is 22.5. The molecule has 1 rings (SSSR count). The van der Waals surface area contributed by atoms with Crippen LogP contribution in [0.15, 0.2) is 0 Å². The van der Waals surface area contributed by atoms with Crippen LogP contribution in [0.3, 0.4) is 0 Å². The van der Waals surface area contributed by atoms with Crippen LogP contribution in [0.1, 0.15) is 58.3 Å². The molecule has 176 valence electrons. The third kappa shape index (κ3) is 8.83. The number of likely N-dealkylation sites (N-methyl/N-ethyl adjacent to an activating group) is 1. The van der Waals surface area contributed by atoms with Crippen molar-refractivity contribution in [1.82, 2.24) is 10.6 Å². The molecule has 1 saturated heterocycles. The maximum atomic E-state index is 12.2. The van der Waals surface area contributed by atoms with Gasteiger partial charge in [0.05, 0.1) is 13.2 Å². The molecule has 10 heteroatoms. The van der Waals surface area contributed by atoms with Gasteiger partial charge in [0.1, 0.15) is 30.5 Å². The van der Waals surface area contributed by atoms with Gasteiger partial charge in [-0.15, -0.1) is 0 Å². The summed E-state index contributed by atoms with van der Waals surface area (Å²) in [6.45, 7) is 1.26. The molecule has 0 bridgehead atoms. The van der Waals surface area contributed by atoms with Gasteiger partial charge in [-0.05, 0) is 6.42 Å². The summed E-state index contributed by atoms with van der Waals surface area (Å²) in [5.74, 6) is -0.762. The van der Waals surface area contributed by atoms with Crippen LogP contribution in [-0.4, -0.2) is 89.2 Å². The molecule has 0 spiro atoms. The van der Waals surface area contributed by atoms with E-state index >= 15 is 0 Å². The zero-order valence-electron chi connectivity index (χ0n) is 18.0. The number of carbonyl (C=O) groups excluding carboxylic acids is 2. The van der Waals surface area contributed by atoms with Crippen LogP contribution in [0.4, 0.5) is 0 Å². The van der Waals surface area contributed by atoms with Crippen molar-refractivity contribution in [2.75, 3.05) is 20.3 Å². The van der Waals surface area contributed by atoms with Gasteiger partial charge >= 0.3 is 0 Å². The highest BCUT2D eigenvalue weighted by Gasteiger charge is 2.44. The summed E-state index contributed by atoms with van der Waals surface area (Å²) in [5.41, 5.74) is 0. The summed E-state index contributed by atoms with van der Waals surface area (Å²) in [7, 11) is 1.42. The van der Waals surface area contributed by atoms with Gasteiger partial charge in [-0.25, -0.2) is 0 Å². The Balaban J connectivity index is 2.46. The maximum absolute atomic E-state index is 12.2. The first-order chi connectivity index (χ1) is 14.3. The lowest BCUT2D eigenvalue weighted by molar-refractivity contribution is -0.301. The van der Waals surface area contributed by atoms with Crippen molar-refractivity contribution in [2.24, 2.45) is 0 Å². The normalized spacial score (nSPS) is 27.5. The van der Waals surface area contributed by atoms with Crippen molar-refractivity contribution < 1.29 is 39.5 Å². The fourth-order valence-electron chi connectivity index (χ4n) is 3.26. The second-order valence-corrected chi connectivity index (χ2v) is 7.64. The molecular weight excluding hydrogens is 396 g/mol. The second-order valence-electron chi connectivity index (χ2n) is 7.64. The lowest BCUT2D eigenvalue weighted by Crippen LogP contribution is -2.60. The molecule has 0 aromatic carbocycles. The van der Waals surface area contributed by atoms with E-state index < -0.39 is 49.3 Å². The van der Waals surface area contributed by atoms with E-state index in [2.05, 4.69) is 17.6 Å². The number of rotatable bonds is 14. The quantitative estimate of drug-likeness (QED) is 0.193. The molecule has 0 aromatic rings. The summed E-state index contributed by atoms with van der Waals surface area (Å²) in [6, 6.07) is -1.01. The first-order valence-corrected chi connectivity index (χ1v) is 10.8. The van der Waals surface area contributed by atoms with Gasteiger partial charge in [0, 0.05) is 13.5 Å². The van der Waals surface area contributed by atoms with Crippen LogP contribution in [0, 0.1) is 0 Å². The number of hydrogen-bond acceptors (Lipinski definition) is 8. The van der Waals surface area contributed by atoms with Crippen molar-refractivity contribution >= 4 is 11.8 Å². The van der Waals surface area contributed by atoms with Gasteiger partial charge in [-0.1, -0.05) is 45.4 Å². The van der Waals surface area contributed by atoms with E-state index in [0.717, 1.165) is 25.7 Å². The zero-order valence-corrected chi connectivity index (χ0v) is 18.0. The highest BCUT2D eigenvalue weighted by atomic mass is 16.7. The Kier molecular flexibility index (Phi) is 13.1. The maximum Gasteiger partial charge on any atom is 0.244 e. The van der Waals surface area contributed by atoms with Crippen molar-refractivity contribution in [3.8, 4) is 0 Å². The summed E-state index contributed by atoms with van der Waals surface area (Å²) in [5, 5.41) is 43.8. The first kappa shape index (κ1) is 26.7. The molecule has 1 fully saturated rings. The molecule has 0 radical (unpaired) electrons. The van der Waals surface area contributed by atoms with E-state index in [-0.39, 0.29) is 12.5 Å². The summed E-state index contributed by atoms with van der Waals surface area (Å²) in [4.78, 5) is 24.3. The fraction of sp³-hybridized carbons (Fsp3) is 0.900. The van der Waals surface area contributed by atoms with Crippen LogP contribution >= 0.6 is 0 Å². The molecule has 6 N–H and O–H groups in total. The summed E-state index contributed by atoms with van der Waals surface area (Å²) >= 11 is 0. The number of nitrogens with one attached hydrogen (secondary N) is 2. The molecule has 1 aliphatic heterocycles. The number of hydrogen-bond donors (Lipinski definition) is 6. The largest absolute Gasteiger partial charge is 0.394 e. The van der Waals surface area contributed by atoms with Crippen LogP contribution in [0.2, 0.25) is 0 Å². The predicted molar refractivity (Wildman–Crippen MR) is 108 cm³/mol. The topological polar surface area (TPSA) is 158 Å². The molecule has 0 aromatic heterocycles. The van der Waals surface area contributed by atoms with Crippen molar-refractivity contribution in [2.45, 2.75) is 95.0 Å². The fourth-order valence-corrected chi connectivity index (χ4v) is 3.26. The first-order valence-electron chi connectivity index (χ1n) is 10.8. The van der Waals surface area contributed by atoms with Crippen LogP contribution in [-0.2, 0) is 19.1 Å². The van der Waals surface area contributed by atoms with Gasteiger partial charge < -0.3 is 40.5 Å². The Morgan fingerprint density at radius 3 is 2.23 bits per heavy atom. The average molecular weight is 435 g/mol. The van der Waals surface area contributed by atoms with Gasteiger partial charge in [0.15, 0.2) is 6.29 Å². The Labute approximate surface area is 177 Å². The van der Waals surface area contributed by atoms with Crippen LogP contribution in [0.25, 0.3) is 0 Å². The van der Waals surface area contributed by atoms with Crippen molar-refractivity contribution in [1.29, 1.82) is 0 Å². The Hall–Kier alpha value is -1.30. The van der Waals surface area contributed by atoms with Crippen LogP contribution < -0.4 is 10.6 Å².